The molecule has 0 radical (unpaired) electrons. The van der Waals surface area contributed by atoms with Crippen LogP contribution < -0.4 is 0 Å². The molecular weight excluding hydrogens is 248 g/mol. The summed E-state index contributed by atoms with van der Waals surface area (Å²) < 4.78 is 7.67. The van der Waals surface area contributed by atoms with E-state index in [1.54, 1.807) is 0 Å². The molecule has 1 aliphatic rings. The highest BCUT2D eigenvalue weighted by atomic mass is 16.5. The largest absolute Gasteiger partial charge is 0.379 e. The molecule has 0 spiro atoms. The molecule has 1 saturated heterocycles. The van der Waals surface area contributed by atoms with Gasteiger partial charge in [-0.25, -0.2) is 0 Å². The topological polar surface area (TPSA) is 17.4 Å². The van der Waals surface area contributed by atoms with E-state index in [1.807, 2.05) is 0 Å². The second-order valence-electron chi connectivity index (χ2n) is 5.79. The van der Waals surface area contributed by atoms with Crippen molar-refractivity contribution in [3.8, 4) is 0 Å². The predicted octanol–water partition coefficient (Wildman–Crippen LogP) is 2.75. The number of para-hydroxylation sites is 1. The summed E-state index contributed by atoms with van der Waals surface area (Å²) in [6, 6.07) is 6.62. The van der Waals surface area contributed by atoms with Gasteiger partial charge in [0.05, 0.1) is 18.7 Å². The van der Waals surface area contributed by atoms with Gasteiger partial charge in [0.15, 0.2) is 0 Å². The van der Waals surface area contributed by atoms with Crippen molar-refractivity contribution in [2.24, 2.45) is 7.05 Å². The maximum absolute atomic E-state index is 5.39. The summed E-state index contributed by atoms with van der Waals surface area (Å²) in [4.78, 5) is 2.51. The van der Waals surface area contributed by atoms with E-state index in [9.17, 15) is 0 Å². The molecule has 0 amide bonds. The third-order valence-electron chi connectivity index (χ3n) is 4.31. The molecule has 0 atom stereocenters. The lowest BCUT2D eigenvalue weighted by molar-refractivity contribution is 0.0375. The Morgan fingerprint density at radius 2 is 2.00 bits per heavy atom. The molecular formula is C17H24N2O. The van der Waals surface area contributed by atoms with Crippen LogP contribution in [0.4, 0.5) is 0 Å². The van der Waals surface area contributed by atoms with Gasteiger partial charge < -0.3 is 9.30 Å². The molecule has 3 heteroatoms. The Hall–Kier alpha value is -1.32. The molecule has 20 heavy (non-hydrogen) atoms. The van der Waals surface area contributed by atoms with E-state index in [0.29, 0.717) is 0 Å². The number of nitrogens with zero attached hydrogens (tertiary/aromatic N) is 2. The molecule has 2 heterocycles. The molecule has 0 unspecified atom stereocenters. The van der Waals surface area contributed by atoms with Gasteiger partial charge in [-0.05, 0) is 37.4 Å². The summed E-state index contributed by atoms with van der Waals surface area (Å²) in [6.45, 7) is 7.36. The Morgan fingerprint density at radius 1 is 1.20 bits per heavy atom. The quantitative estimate of drug-likeness (QED) is 0.851. The third-order valence-corrected chi connectivity index (χ3v) is 4.31. The summed E-state index contributed by atoms with van der Waals surface area (Å²) in [6.07, 6.45) is 4.70. The molecule has 0 bridgehead atoms. The molecule has 108 valence electrons. The normalized spacial score (nSPS) is 16.9. The van der Waals surface area contributed by atoms with Crippen molar-refractivity contribution in [1.29, 1.82) is 0 Å². The smallest absolute Gasteiger partial charge is 0.0594 e. The van der Waals surface area contributed by atoms with Crippen molar-refractivity contribution < 1.29 is 4.74 Å². The molecule has 1 fully saturated rings. The lowest BCUT2D eigenvalue weighted by Gasteiger charge is -2.26. The summed E-state index contributed by atoms with van der Waals surface area (Å²) >= 11 is 0. The maximum Gasteiger partial charge on any atom is 0.0594 e. The second-order valence-corrected chi connectivity index (χ2v) is 5.79. The maximum atomic E-state index is 5.39. The SMILES string of the molecule is Cc1cccc2c(CCCN3CCOCC3)cn(C)c12. The first kappa shape index (κ1) is 13.7. The number of morpholine rings is 1. The first-order valence-corrected chi connectivity index (χ1v) is 7.59. The minimum absolute atomic E-state index is 0.896. The highest BCUT2D eigenvalue weighted by molar-refractivity contribution is 5.86. The standard InChI is InChI=1S/C17H24N2O/c1-14-5-3-7-16-15(13-18(2)17(14)16)6-4-8-19-9-11-20-12-10-19/h3,5,7,13H,4,6,8-12H2,1-2H3. The van der Waals surface area contributed by atoms with Gasteiger partial charge in [-0.3, -0.25) is 4.90 Å². The summed E-state index contributed by atoms with van der Waals surface area (Å²) in [5.41, 5.74) is 4.23. The van der Waals surface area contributed by atoms with Crippen LogP contribution in [0, 0.1) is 6.92 Å². The minimum Gasteiger partial charge on any atom is -0.379 e. The zero-order valence-corrected chi connectivity index (χ0v) is 12.6. The molecule has 0 saturated carbocycles. The number of aryl methyl sites for hydroxylation is 3. The molecule has 2 aromatic rings. The van der Waals surface area contributed by atoms with Gasteiger partial charge in [0.25, 0.3) is 0 Å². The Bertz CT molecular complexity index is 582. The average molecular weight is 272 g/mol. The van der Waals surface area contributed by atoms with Crippen LogP contribution in [0.5, 0.6) is 0 Å². The van der Waals surface area contributed by atoms with Gasteiger partial charge in [-0.15, -0.1) is 0 Å². The van der Waals surface area contributed by atoms with Crippen LogP contribution in [0.1, 0.15) is 17.5 Å². The highest BCUT2D eigenvalue weighted by Gasteiger charge is 2.11. The summed E-state index contributed by atoms with van der Waals surface area (Å²) in [5, 5.41) is 1.43. The number of hydrogen-bond acceptors (Lipinski definition) is 2. The third kappa shape index (κ3) is 2.74. The number of rotatable bonds is 4. The first-order valence-electron chi connectivity index (χ1n) is 7.59. The van der Waals surface area contributed by atoms with Crippen molar-refractivity contribution in [2.45, 2.75) is 19.8 Å². The monoisotopic (exact) mass is 272 g/mol. The molecule has 0 aliphatic carbocycles. The Labute approximate surface area is 121 Å². The van der Waals surface area contributed by atoms with Crippen LogP contribution in [0.2, 0.25) is 0 Å². The lowest BCUT2D eigenvalue weighted by atomic mass is 10.1. The summed E-state index contributed by atoms with van der Waals surface area (Å²) in [7, 11) is 2.15. The fourth-order valence-electron chi connectivity index (χ4n) is 3.27. The second kappa shape index (κ2) is 5.98. The van der Waals surface area contributed by atoms with Crippen LogP contribution >= 0.6 is 0 Å². The Kier molecular flexibility index (Phi) is 4.08. The van der Waals surface area contributed by atoms with Crippen molar-refractivity contribution in [2.75, 3.05) is 32.8 Å². The summed E-state index contributed by atoms with van der Waals surface area (Å²) in [5.74, 6) is 0. The predicted molar refractivity (Wildman–Crippen MR) is 83.2 cm³/mol. The van der Waals surface area contributed by atoms with Crippen LogP contribution in [0.25, 0.3) is 10.9 Å². The fourth-order valence-corrected chi connectivity index (χ4v) is 3.27. The highest BCUT2D eigenvalue weighted by Crippen LogP contribution is 2.24. The Balaban J connectivity index is 1.67. The van der Waals surface area contributed by atoms with Crippen molar-refractivity contribution >= 4 is 10.9 Å². The van der Waals surface area contributed by atoms with Gasteiger partial charge in [-0.2, -0.15) is 0 Å². The van der Waals surface area contributed by atoms with Crippen molar-refractivity contribution in [3.05, 3.63) is 35.5 Å². The van der Waals surface area contributed by atoms with Crippen molar-refractivity contribution in [1.82, 2.24) is 9.47 Å². The van der Waals surface area contributed by atoms with Gasteiger partial charge >= 0.3 is 0 Å². The fraction of sp³-hybridized carbons (Fsp3) is 0.529. The van der Waals surface area contributed by atoms with E-state index in [-0.39, 0.29) is 0 Å². The average Bonchev–Trinajstić information content (AvgIpc) is 2.78. The minimum atomic E-state index is 0.896. The number of ether oxygens (including phenoxy) is 1. The van der Waals surface area contributed by atoms with E-state index < -0.39 is 0 Å². The van der Waals surface area contributed by atoms with Gasteiger partial charge in [0.1, 0.15) is 0 Å². The molecule has 3 rings (SSSR count). The Morgan fingerprint density at radius 3 is 2.80 bits per heavy atom. The van der Waals surface area contributed by atoms with Crippen LogP contribution in [0.15, 0.2) is 24.4 Å². The number of aromatic nitrogens is 1. The molecule has 1 aromatic carbocycles. The molecule has 0 N–H and O–H groups in total. The van der Waals surface area contributed by atoms with Crippen LogP contribution in [-0.2, 0) is 18.2 Å². The van der Waals surface area contributed by atoms with Gasteiger partial charge in [0.2, 0.25) is 0 Å². The molecule has 3 nitrogen and oxygen atoms in total. The van der Waals surface area contributed by atoms with Crippen molar-refractivity contribution in [3.63, 3.8) is 0 Å². The molecule has 1 aromatic heterocycles. The number of benzene rings is 1. The zero-order chi connectivity index (χ0) is 13.9. The number of fused-ring (bicyclic) bond motifs is 1. The number of hydrogen-bond donors (Lipinski definition) is 0. The van der Waals surface area contributed by atoms with Gasteiger partial charge in [0, 0.05) is 31.7 Å². The zero-order valence-electron chi connectivity index (χ0n) is 12.6. The first-order chi connectivity index (χ1) is 9.75. The van der Waals surface area contributed by atoms with Gasteiger partial charge in [-0.1, -0.05) is 18.2 Å². The van der Waals surface area contributed by atoms with E-state index in [0.717, 1.165) is 32.7 Å². The van der Waals surface area contributed by atoms with E-state index >= 15 is 0 Å². The van der Waals surface area contributed by atoms with E-state index in [4.69, 9.17) is 4.74 Å². The van der Waals surface area contributed by atoms with E-state index in [1.165, 1.54) is 35.0 Å². The van der Waals surface area contributed by atoms with Crippen LogP contribution in [0.3, 0.4) is 0 Å². The van der Waals surface area contributed by atoms with Crippen LogP contribution in [-0.4, -0.2) is 42.3 Å². The van der Waals surface area contributed by atoms with E-state index in [2.05, 4.69) is 47.8 Å². The lowest BCUT2D eigenvalue weighted by Crippen LogP contribution is -2.36. The molecule has 1 aliphatic heterocycles.